The lowest BCUT2D eigenvalue weighted by Gasteiger charge is -2.12. The molecule has 2 N–H and O–H groups in total. The lowest BCUT2D eigenvalue weighted by molar-refractivity contribution is -0.119. The van der Waals surface area contributed by atoms with E-state index in [-0.39, 0.29) is 18.4 Å². The van der Waals surface area contributed by atoms with Crippen LogP contribution in [-0.2, 0) is 9.53 Å². The van der Waals surface area contributed by atoms with Crippen molar-refractivity contribution in [2.24, 2.45) is 0 Å². The summed E-state index contributed by atoms with van der Waals surface area (Å²) in [6.45, 7) is -0.0845. The van der Waals surface area contributed by atoms with Gasteiger partial charge in [0.1, 0.15) is 12.4 Å². The van der Waals surface area contributed by atoms with E-state index in [1.54, 1.807) is 18.2 Å². The van der Waals surface area contributed by atoms with Crippen molar-refractivity contribution in [2.45, 2.75) is 5.16 Å². The molecule has 0 aliphatic carbocycles. The first kappa shape index (κ1) is 18.7. The maximum Gasteiger partial charge on any atom is 0.258 e. The Morgan fingerprint density at radius 2 is 1.88 bits per heavy atom. The molecular weight excluding hydrogens is 344 g/mol. The second-order valence-electron chi connectivity index (χ2n) is 4.81. The van der Waals surface area contributed by atoms with Crippen LogP contribution in [0.15, 0.2) is 35.7 Å². The van der Waals surface area contributed by atoms with Gasteiger partial charge in [0.15, 0.2) is 5.16 Å². The molecule has 25 heavy (non-hydrogen) atoms. The van der Waals surface area contributed by atoms with Crippen LogP contribution in [0.1, 0.15) is 10.4 Å². The van der Waals surface area contributed by atoms with Gasteiger partial charge in [-0.25, -0.2) is 9.97 Å². The van der Waals surface area contributed by atoms with E-state index in [2.05, 4.69) is 20.6 Å². The van der Waals surface area contributed by atoms with Crippen LogP contribution in [0.25, 0.3) is 0 Å². The van der Waals surface area contributed by atoms with E-state index in [1.807, 2.05) is 6.26 Å². The van der Waals surface area contributed by atoms with E-state index in [0.717, 1.165) is 0 Å². The molecule has 0 fully saturated rings. The molecule has 0 atom stereocenters. The summed E-state index contributed by atoms with van der Waals surface area (Å²) in [7, 11) is 2.92. The maximum atomic E-state index is 12.3. The van der Waals surface area contributed by atoms with Crippen LogP contribution < -0.4 is 15.4 Å². The highest BCUT2D eigenvalue weighted by Crippen LogP contribution is 2.28. The molecule has 1 heterocycles. The average molecular weight is 362 g/mol. The minimum Gasteiger partial charge on any atom is -0.495 e. The Kier molecular flexibility index (Phi) is 6.72. The fourth-order valence-electron chi connectivity index (χ4n) is 1.94. The molecule has 132 valence electrons. The largest absolute Gasteiger partial charge is 0.495 e. The number of carbonyl (C=O) groups excluding carboxylic acids is 2. The molecule has 1 aromatic heterocycles. The lowest BCUT2D eigenvalue weighted by Crippen LogP contribution is -2.18. The van der Waals surface area contributed by atoms with Gasteiger partial charge in [-0.1, -0.05) is 11.8 Å². The van der Waals surface area contributed by atoms with Crippen molar-refractivity contribution in [3.63, 3.8) is 0 Å². The van der Waals surface area contributed by atoms with Crippen LogP contribution in [0.3, 0.4) is 0 Å². The number of nitrogens with zero attached hydrogens (tertiary/aromatic N) is 2. The quantitative estimate of drug-likeness (QED) is 0.574. The molecule has 0 spiro atoms. The number of hydrogen-bond donors (Lipinski definition) is 2. The van der Waals surface area contributed by atoms with Gasteiger partial charge in [0.05, 0.1) is 18.4 Å². The molecule has 9 heteroatoms. The highest BCUT2D eigenvalue weighted by Gasteiger charge is 2.12. The normalized spacial score (nSPS) is 10.2. The summed E-state index contributed by atoms with van der Waals surface area (Å²) >= 11 is 1.39. The number of methoxy groups -OCH3 is 2. The van der Waals surface area contributed by atoms with Crippen molar-refractivity contribution in [3.05, 3.63) is 36.2 Å². The first-order valence-corrected chi connectivity index (χ1v) is 8.44. The third kappa shape index (κ3) is 5.16. The standard InChI is InChI=1S/C16H18N4O4S/c1-23-9-14(21)20-12-6-11(4-5-13(12)24-2)19-15(22)10-7-17-16(25-3)18-8-10/h4-8H,9H2,1-3H3,(H,19,22)(H,20,21). The van der Waals surface area contributed by atoms with E-state index < -0.39 is 0 Å². The van der Waals surface area contributed by atoms with Gasteiger partial charge in [0.25, 0.3) is 5.91 Å². The van der Waals surface area contributed by atoms with Gasteiger partial charge in [0.2, 0.25) is 5.91 Å². The van der Waals surface area contributed by atoms with Crippen LogP contribution >= 0.6 is 11.8 Å². The van der Waals surface area contributed by atoms with Crippen LogP contribution in [-0.4, -0.2) is 48.9 Å². The summed E-state index contributed by atoms with van der Waals surface area (Å²) in [6.07, 6.45) is 4.77. The Labute approximate surface area is 149 Å². The van der Waals surface area contributed by atoms with Gasteiger partial charge in [-0.15, -0.1) is 0 Å². The average Bonchev–Trinajstić information content (AvgIpc) is 2.62. The van der Waals surface area contributed by atoms with Crippen LogP contribution in [0, 0.1) is 0 Å². The highest BCUT2D eigenvalue weighted by molar-refractivity contribution is 7.98. The number of carbonyl (C=O) groups is 2. The molecule has 0 aliphatic rings. The highest BCUT2D eigenvalue weighted by atomic mass is 32.2. The van der Waals surface area contributed by atoms with E-state index in [0.29, 0.717) is 27.8 Å². The zero-order valence-electron chi connectivity index (χ0n) is 14.0. The predicted octanol–water partition coefficient (Wildman–Crippen LogP) is 2.04. The van der Waals surface area contributed by atoms with Gasteiger partial charge >= 0.3 is 0 Å². The smallest absolute Gasteiger partial charge is 0.258 e. The molecule has 0 bridgehead atoms. The van der Waals surface area contributed by atoms with Crippen molar-refractivity contribution in [1.82, 2.24) is 9.97 Å². The summed E-state index contributed by atoms with van der Waals surface area (Å²) in [5.41, 5.74) is 1.25. The van der Waals surface area contributed by atoms with Crippen molar-refractivity contribution in [3.8, 4) is 5.75 Å². The van der Waals surface area contributed by atoms with Crippen molar-refractivity contribution >= 4 is 35.0 Å². The fourth-order valence-corrected chi connectivity index (χ4v) is 2.26. The number of thioether (sulfide) groups is 1. The number of ether oxygens (including phenoxy) is 2. The Balaban J connectivity index is 2.15. The number of anilines is 2. The van der Waals surface area contributed by atoms with Gasteiger partial charge < -0.3 is 20.1 Å². The monoisotopic (exact) mass is 362 g/mol. The summed E-state index contributed by atoms with van der Waals surface area (Å²) in [4.78, 5) is 32.1. The van der Waals surface area contributed by atoms with Crippen LogP contribution in [0.2, 0.25) is 0 Å². The van der Waals surface area contributed by atoms with Crippen molar-refractivity contribution in [1.29, 1.82) is 0 Å². The Bertz CT molecular complexity index is 752. The van der Waals surface area contributed by atoms with Crippen LogP contribution in [0.5, 0.6) is 5.75 Å². The molecule has 8 nitrogen and oxygen atoms in total. The third-order valence-electron chi connectivity index (χ3n) is 3.08. The molecule has 2 rings (SSSR count). The zero-order valence-corrected chi connectivity index (χ0v) is 14.8. The molecular formula is C16H18N4O4S. The van der Waals surface area contributed by atoms with E-state index in [4.69, 9.17) is 9.47 Å². The molecule has 2 aromatic rings. The molecule has 2 amide bonds. The number of benzene rings is 1. The lowest BCUT2D eigenvalue weighted by atomic mass is 10.2. The Morgan fingerprint density at radius 3 is 2.48 bits per heavy atom. The summed E-state index contributed by atoms with van der Waals surface area (Å²) in [6, 6.07) is 4.91. The summed E-state index contributed by atoms with van der Waals surface area (Å²) in [5, 5.41) is 5.98. The fraction of sp³-hybridized carbons (Fsp3) is 0.250. The van der Waals surface area contributed by atoms with Crippen molar-refractivity contribution < 1.29 is 19.1 Å². The second-order valence-corrected chi connectivity index (χ2v) is 5.58. The molecule has 0 saturated carbocycles. The topological polar surface area (TPSA) is 102 Å². The van der Waals surface area contributed by atoms with Gasteiger partial charge in [-0.05, 0) is 24.5 Å². The third-order valence-corrected chi connectivity index (χ3v) is 3.66. The summed E-state index contributed by atoms with van der Waals surface area (Å²) in [5.74, 6) is -0.215. The van der Waals surface area contributed by atoms with E-state index >= 15 is 0 Å². The molecule has 1 aromatic carbocycles. The summed E-state index contributed by atoms with van der Waals surface area (Å²) < 4.78 is 9.99. The number of amides is 2. The molecule has 0 saturated heterocycles. The SMILES string of the molecule is COCC(=O)Nc1cc(NC(=O)c2cnc(SC)nc2)ccc1OC. The number of hydrogen-bond acceptors (Lipinski definition) is 7. The van der Waals surface area contributed by atoms with E-state index in [9.17, 15) is 9.59 Å². The van der Waals surface area contributed by atoms with Crippen molar-refractivity contribution in [2.75, 3.05) is 37.7 Å². The number of rotatable bonds is 7. The minimum absolute atomic E-state index is 0.0845. The molecule has 0 radical (unpaired) electrons. The Morgan fingerprint density at radius 1 is 1.16 bits per heavy atom. The van der Waals surface area contributed by atoms with Gasteiger partial charge in [0, 0.05) is 25.2 Å². The first-order valence-electron chi connectivity index (χ1n) is 7.21. The van der Waals surface area contributed by atoms with Gasteiger partial charge in [-0.2, -0.15) is 0 Å². The zero-order chi connectivity index (χ0) is 18.2. The van der Waals surface area contributed by atoms with E-state index in [1.165, 1.54) is 38.4 Å². The number of nitrogens with one attached hydrogen (secondary N) is 2. The maximum absolute atomic E-state index is 12.3. The second kappa shape index (κ2) is 9.00. The molecule has 0 aliphatic heterocycles. The van der Waals surface area contributed by atoms with Gasteiger partial charge in [-0.3, -0.25) is 9.59 Å². The predicted molar refractivity (Wildman–Crippen MR) is 95.3 cm³/mol. The Hall–Kier alpha value is -2.65. The minimum atomic E-state index is -0.355. The molecule has 0 unspecified atom stereocenters. The number of aromatic nitrogens is 2. The van der Waals surface area contributed by atoms with Crippen LogP contribution in [0.4, 0.5) is 11.4 Å². The first-order chi connectivity index (χ1) is 12.1.